The molecule has 0 aromatic heterocycles. The molecule has 1 aliphatic carbocycles. The highest BCUT2D eigenvalue weighted by atomic mass is 32.2. The number of nitrogens with one attached hydrogen (secondary N) is 1. The maximum atomic E-state index is 10.6. The van der Waals surface area contributed by atoms with Gasteiger partial charge in [-0.3, -0.25) is 10.1 Å². The number of rotatable bonds is 4. The summed E-state index contributed by atoms with van der Waals surface area (Å²) in [4.78, 5) is 10.2. The Kier molecular flexibility index (Phi) is 4.09. The smallest absolute Gasteiger partial charge is 0.264 e. The van der Waals surface area contributed by atoms with Gasteiger partial charge in [0, 0.05) is 5.69 Å². The predicted octanol–water partition coefficient (Wildman–Crippen LogP) is 4.32. The van der Waals surface area contributed by atoms with Crippen LogP contribution in [0.4, 0.5) is 5.69 Å². The highest BCUT2D eigenvalue weighted by Gasteiger charge is 2.36. The average Bonchev–Trinajstić information content (AvgIpc) is 2.59. The van der Waals surface area contributed by atoms with Gasteiger partial charge in [-0.1, -0.05) is 32.9 Å². The standard InChI is InChI=1S/C15H20N2O2S/c1-10-8-15(2,3)11-6-5-7-12(14(10)11)16-13(20-4)9-17(18)19/h5-7,9-10,16H,8H2,1-4H3/t10-/m1/s1. The van der Waals surface area contributed by atoms with Gasteiger partial charge in [-0.15, -0.1) is 11.8 Å². The van der Waals surface area contributed by atoms with Crippen LogP contribution in [0.5, 0.6) is 0 Å². The molecule has 0 amide bonds. The first-order valence-electron chi connectivity index (χ1n) is 6.65. The minimum atomic E-state index is -0.421. The molecule has 0 fully saturated rings. The van der Waals surface area contributed by atoms with Crippen molar-refractivity contribution in [2.45, 2.75) is 38.5 Å². The molecule has 0 unspecified atom stereocenters. The second kappa shape index (κ2) is 5.48. The van der Waals surface area contributed by atoms with Crippen molar-refractivity contribution in [3.63, 3.8) is 0 Å². The van der Waals surface area contributed by atoms with E-state index in [9.17, 15) is 10.1 Å². The molecule has 2 rings (SSSR count). The van der Waals surface area contributed by atoms with Crippen LogP contribution in [0.2, 0.25) is 0 Å². The molecule has 0 spiro atoms. The van der Waals surface area contributed by atoms with Crippen molar-refractivity contribution in [1.82, 2.24) is 0 Å². The molecular formula is C15H20N2O2S. The van der Waals surface area contributed by atoms with Crippen molar-refractivity contribution in [3.05, 3.63) is 50.7 Å². The van der Waals surface area contributed by atoms with Crippen LogP contribution >= 0.6 is 11.8 Å². The van der Waals surface area contributed by atoms with Crippen molar-refractivity contribution in [1.29, 1.82) is 0 Å². The van der Waals surface area contributed by atoms with Crippen molar-refractivity contribution in [3.8, 4) is 0 Å². The van der Waals surface area contributed by atoms with Gasteiger partial charge in [0.1, 0.15) is 5.03 Å². The Hall–Kier alpha value is -1.49. The van der Waals surface area contributed by atoms with Crippen LogP contribution in [0.15, 0.2) is 29.4 Å². The van der Waals surface area contributed by atoms with Gasteiger partial charge in [0.15, 0.2) is 0 Å². The Balaban J connectivity index is 2.41. The van der Waals surface area contributed by atoms with Gasteiger partial charge in [-0.05, 0) is 41.2 Å². The number of thioether (sulfide) groups is 1. The summed E-state index contributed by atoms with van der Waals surface area (Å²) in [6, 6.07) is 6.19. The maximum Gasteiger partial charge on any atom is 0.264 e. The fraction of sp³-hybridized carbons (Fsp3) is 0.467. The van der Waals surface area contributed by atoms with Crippen LogP contribution < -0.4 is 5.32 Å². The first-order chi connectivity index (χ1) is 9.35. The van der Waals surface area contributed by atoms with E-state index in [4.69, 9.17) is 0 Å². The Bertz CT molecular complexity index is 567. The zero-order valence-corrected chi connectivity index (χ0v) is 13.1. The minimum Gasteiger partial charge on any atom is -0.345 e. The second-order valence-corrected chi connectivity index (χ2v) is 6.71. The second-order valence-electron chi connectivity index (χ2n) is 5.86. The summed E-state index contributed by atoms with van der Waals surface area (Å²) in [6.45, 7) is 6.72. The lowest BCUT2D eigenvalue weighted by atomic mass is 9.86. The molecule has 1 aromatic carbocycles. The fourth-order valence-electron chi connectivity index (χ4n) is 3.14. The number of hydrogen-bond acceptors (Lipinski definition) is 4. The molecule has 1 aliphatic rings. The Morgan fingerprint density at radius 3 is 2.85 bits per heavy atom. The average molecular weight is 292 g/mol. The third kappa shape index (κ3) is 2.82. The topological polar surface area (TPSA) is 55.2 Å². The lowest BCUT2D eigenvalue weighted by Crippen LogP contribution is -2.12. The zero-order valence-electron chi connectivity index (χ0n) is 12.3. The van der Waals surface area contributed by atoms with Crippen LogP contribution in [0.1, 0.15) is 44.2 Å². The molecule has 1 atom stereocenters. The predicted molar refractivity (Wildman–Crippen MR) is 84.7 cm³/mol. The van der Waals surface area contributed by atoms with Gasteiger partial charge in [0.25, 0.3) is 6.20 Å². The summed E-state index contributed by atoms with van der Waals surface area (Å²) in [5.41, 5.74) is 3.79. The van der Waals surface area contributed by atoms with E-state index >= 15 is 0 Å². The molecule has 0 saturated heterocycles. The third-order valence-electron chi connectivity index (χ3n) is 3.84. The molecule has 1 aromatic rings. The highest BCUT2D eigenvalue weighted by molar-refractivity contribution is 8.02. The van der Waals surface area contributed by atoms with Gasteiger partial charge < -0.3 is 5.32 Å². The highest BCUT2D eigenvalue weighted by Crippen LogP contribution is 2.48. The van der Waals surface area contributed by atoms with Crippen molar-refractivity contribution in [2.75, 3.05) is 11.6 Å². The van der Waals surface area contributed by atoms with Crippen LogP contribution in [-0.4, -0.2) is 11.2 Å². The van der Waals surface area contributed by atoms with E-state index in [1.807, 2.05) is 18.4 Å². The molecule has 5 heteroatoms. The lowest BCUT2D eigenvalue weighted by molar-refractivity contribution is -0.402. The summed E-state index contributed by atoms with van der Waals surface area (Å²) in [5.74, 6) is 0.461. The maximum absolute atomic E-state index is 10.6. The number of nitrogens with zero attached hydrogens (tertiary/aromatic N) is 1. The van der Waals surface area contributed by atoms with E-state index in [1.165, 1.54) is 22.9 Å². The number of nitro groups is 1. The monoisotopic (exact) mass is 292 g/mol. The number of fused-ring (bicyclic) bond motifs is 1. The minimum absolute atomic E-state index is 0.165. The van der Waals surface area contributed by atoms with Crippen LogP contribution in [0.25, 0.3) is 0 Å². The third-order valence-corrected chi connectivity index (χ3v) is 4.49. The molecule has 0 saturated carbocycles. The molecule has 0 aliphatic heterocycles. The van der Waals surface area contributed by atoms with Gasteiger partial charge in [-0.2, -0.15) is 0 Å². The molecule has 20 heavy (non-hydrogen) atoms. The van der Waals surface area contributed by atoms with Crippen molar-refractivity contribution in [2.24, 2.45) is 0 Å². The number of anilines is 1. The zero-order chi connectivity index (χ0) is 14.9. The van der Waals surface area contributed by atoms with E-state index in [0.29, 0.717) is 10.9 Å². The van der Waals surface area contributed by atoms with Gasteiger partial charge in [0.2, 0.25) is 0 Å². The van der Waals surface area contributed by atoms with Gasteiger partial charge >= 0.3 is 0 Å². The van der Waals surface area contributed by atoms with Crippen LogP contribution in [0, 0.1) is 10.1 Å². The quantitative estimate of drug-likeness (QED) is 0.663. The Labute approximate surface area is 123 Å². The molecular weight excluding hydrogens is 272 g/mol. The lowest BCUT2D eigenvalue weighted by Gasteiger charge is -2.19. The van der Waals surface area contributed by atoms with E-state index in [2.05, 4.69) is 32.2 Å². The Morgan fingerprint density at radius 2 is 2.25 bits per heavy atom. The first-order valence-corrected chi connectivity index (χ1v) is 7.87. The normalized spacial score (nSPS) is 20.6. The summed E-state index contributed by atoms with van der Waals surface area (Å²) in [6.07, 6.45) is 3.96. The van der Waals surface area contributed by atoms with Gasteiger partial charge in [-0.25, -0.2) is 0 Å². The molecule has 4 nitrogen and oxygen atoms in total. The number of benzene rings is 1. The summed E-state index contributed by atoms with van der Waals surface area (Å²) in [7, 11) is 0. The van der Waals surface area contributed by atoms with E-state index in [-0.39, 0.29) is 5.41 Å². The molecule has 0 radical (unpaired) electrons. The van der Waals surface area contributed by atoms with Crippen molar-refractivity contribution >= 4 is 17.4 Å². The summed E-state index contributed by atoms with van der Waals surface area (Å²) < 4.78 is 0. The number of hydrogen-bond donors (Lipinski definition) is 1. The van der Waals surface area contributed by atoms with Gasteiger partial charge in [0.05, 0.1) is 4.92 Å². The van der Waals surface area contributed by atoms with E-state index in [0.717, 1.165) is 18.3 Å². The fourth-order valence-corrected chi connectivity index (χ4v) is 3.54. The summed E-state index contributed by atoms with van der Waals surface area (Å²) >= 11 is 1.35. The van der Waals surface area contributed by atoms with Crippen LogP contribution in [0.3, 0.4) is 0 Å². The van der Waals surface area contributed by atoms with E-state index in [1.54, 1.807) is 0 Å². The SMILES string of the molecule is CSC(=C[N+](=O)[O-])Nc1cccc2c1[C@H](C)CC2(C)C. The largest absolute Gasteiger partial charge is 0.345 e. The van der Waals surface area contributed by atoms with Crippen LogP contribution in [-0.2, 0) is 5.41 Å². The first kappa shape index (κ1) is 14.9. The summed E-state index contributed by atoms with van der Waals surface area (Å²) in [5, 5.41) is 14.4. The molecule has 108 valence electrons. The molecule has 0 heterocycles. The molecule has 1 N–H and O–H groups in total. The van der Waals surface area contributed by atoms with Crippen molar-refractivity contribution < 1.29 is 4.92 Å². The Morgan fingerprint density at radius 1 is 1.55 bits per heavy atom. The molecule has 0 bridgehead atoms. The van der Waals surface area contributed by atoms with E-state index < -0.39 is 4.92 Å².